The molecule has 1 aliphatic carbocycles. The minimum Gasteiger partial charge on any atom is -0.339 e. The van der Waals surface area contributed by atoms with Gasteiger partial charge in [0.2, 0.25) is 10.0 Å². The zero-order valence-corrected chi connectivity index (χ0v) is 16.7. The van der Waals surface area contributed by atoms with Crippen molar-refractivity contribution in [3.8, 4) is 0 Å². The van der Waals surface area contributed by atoms with Crippen molar-refractivity contribution in [1.82, 2.24) is 9.21 Å². The second-order valence-corrected chi connectivity index (χ2v) is 9.56. The van der Waals surface area contributed by atoms with Crippen LogP contribution in [-0.2, 0) is 10.0 Å². The summed E-state index contributed by atoms with van der Waals surface area (Å²) in [4.78, 5) is 15.0. The predicted molar refractivity (Wildman–Crippen MR) is 103 cm³/mol. The van der Waals surface area contributed by atoms with Crippen LogP contribution in [0.2, 0.25) is 0 Å². The lowest BCUT2D eigenvalue weighted by Gasteiger charge is -2.31. The van der Waals surface area contributed by atoms with Crippen LogP contribution in [0.4, 0.5) is 0 Å². The Balaban J connectivity index is 1.86. The maximum absolute atomic E-state index is 13.1. The summed E-state index contributed by atoms with van der Waals surface area (Å²) >= 11 is 0. The average Bonchev–Trinajstić information content (AvgIpc) is 2.68. The van der Waals surface area contributed by atoms with Crippen molar-refractivity contribution in [3.05, 3.63) is 29.3 Å². The Labute approximate surface area is 157 Å². The van der Waals surface area contributed by atoms with E-state index in [0.717, 1.165) is 44.9 Å². The Morgan fingerprint density at radius 3 is 2.31 bits per heavy atom. The smallest absolute Gasteiger partial charge is 0.253 e. The second kappa shape index (κ2) is 8.09. The van der Waals surface area contributed by atoms with Crippen molar-refractivity contribution in [1.29, 1.82) is 0 Å². The summed E-state index contributed by atoms with van der Waals surface area (Å²) < 4.78 is 27.7. The fourth-order valence-corrected chi connectivity index (χ4v) is 5.86. The van der Waals surface area contributed by atoms with E-state index in [2.05, 4.69) is 0 Å². The molecule has 1 aromatic carbocycles. The van der Waals surface area contributed by atoms with Crippen molar-refractivity contribution < 1.29 is 13.2 Å². The van der Waals surface area contributed by atoms with Gasteiger partial charge in [-0.2, -0.15) is 4.31 Å². The minimum atomic E-state index is -3.54. The van der Waals surface area contributed by atoms with Gasteiger partial charge >= 0.3 is 0 Å². The number of rotatable bonds is 4. The zero-order chi connectivity index (χ0) is 18.7. The van der Waals surface area contributed by atoms with E-state index in [4.69, 9.17) is 0 Å². The van der Waals surface area contributed by atoms with Crippen molar-refractivity contribution in [2.75, 3.05) is 20.1 Å². The van der Waals surface area contributed by atoms with E-state index in [1.807, 2.05) is 7.05 Å². The number of hydrogen-bond donors (Lipinski definition) is 0. The van der Waals surface area contributed by atoms with Crippen LogP contribution in [0.15, 0.2) is 23.1 Å². The molecule has 0 N–H and O–H groups in total. The summed E-state index contributed by atoms with van der Waals surface area (Å²) in [7, 11) is -1.69. The molecule has 0 unspecified atom stereocenters. The molecule has 0 aromatic heterocycles. The predicted octanol–water partition coefficient (Wildman–Crippen LogP) is 3.57. The number of piperidine rings is 1. The maximum Gasteiger partial charge on any atom is 0.253 e. The Hall–Kier alpha value is -1.40. The van der Waals surface area contributed by atoms with Gasteiger partial charge in [0.1, 0.15) is 0 Å². The highest BCUT2D eigenvalue weighted by molar-refractivity contribution is 7.89. The molecule has 1 saturated carbocycles. The van der Waals surface area contributed by atoms with Gasteiger partial charge in [-0.3, -0.25) is 4.79 Å². The second-order valence-electron chi connectivity index (χ2n) is 7.65. The van der Waals surface area contributed by atoms with Crippen LogP contribution in [0.5, 0.6) is 0 Å². The van der Waals surface area contributed by atoms with Gasteiger partial charge < -0.3 is 4.90 Å². The highest BCUT2D eigenvalue weighted by atomic mass is 32.2. The van der Waals surface area contributed by atoms with Crippen LogP contribution in [-0.4, -0.2) is 49.7 Å². The molecule has 1 aliphatic heterocycles. The normalized spacial score (nSPS) is 20.1. The number of hydrogen-bond acceptors (Lipinski definition) is 3. The first-order chi connectivity index (χ1) is 12.4. The van der Waals surface area contributed by atoms with Crippen LogP contribution in [0.1, 0.15) is 67.3 Å². The third-order valence-corrected chi connectivity index (χ3v) is 7.85. The first-order valence-electron chi connectivity index (χ1n) is 9.79. The Kier molecular flexibility index (Phi) is 6.03. The van der Waals surface area contributed by atoms with Crippen LogP contribution < -0.4 is 0 Å². The monoisotopic (exact) mass is 378 g/mol. The summed E-state index contributed by atoms with van der Waals surface area (Å²) in [5, 5.41) is 0. The summed E-state index contributed by atoms with van der Waals surface area (Å²) in [6.45, 7) is 2.94. The molecule has 6 heteroatoms. The molecule has 1 heterocycles. The average molecular weight is 379 g/mol. The molecule has 0 spiro atoms. The molecule has 1 amide bonds. The summed E-state index contributed by atoms with van der Waals surface area (Å²) in [5.74, 6) is -0.0769. The largest absolute Gasteiger partial charge is 0.339 e. The third-order valence-electron chi connectivity index (χ3n) is 5.81. The van der Waals surface area contributed by atoms with Gasteiger partial charge in [-0.05, 0) is 50.3 Å². The summed E-state index contributed by atoms with van der Waals surface area (Å²) in [5.41, 5.74) is 1.17. The Bertz CT molecular complexity index is 748. The molecule has 2 aliphatic rings. The number of benzene rings is 1. The maximum atomic E-state index is 13.1. The van der Waals surface area contributed by atoms with E-state index in [1.54, 1.807) is 34.3 Å². The number of carbonyl (C=O) groups is 1. The summed E-state index contributed by atoms with van der Waals surface area (Å²) in [6, 6.07) is 5.37. The molecule has 0 bridgehead atoms. The molecule has 144 valence electrons. The van der Waals surface area contributed by atoms with E-state index >= 15 is 0 Å². The molecule has 1 saturated heterocycles. The first-order valence-corrected chi connectivity index (χ1v) is 11.2. The third kappa shape index (κ3) is 3.96. The highest BCUT2D eigenvalue weighted by Crippen LogP contribution is 2.26. The minimum absolute atomic E-state index is 0.0769. The fourth-order valence-electron chi connectivity index (χ4n) is 4.09. The lowest BCUT2D eigenvalue weighted by molar-refractivity contribution is 0.0696. The molecule has 26 heavy (non-hydrogen) atoms. The van der Waals surface area contributed by atoms with E-state index < -0.39 is 10.0 Å². The number of nitrogens with zero attached hydrogens (tertiary/aromatic N) is 2. The van der Waals surface area contributed by atoms with Gasteiger partial charge in [-0.15, -0.1) is 0 Å². The van der Waals surface area contributed by atoms with Gasteiger partial charge in [0, 0.05) is 31.7 Å². The molecule has 3 rings (SSSR count). The molecule has 5 nitrogen and oxygen atoms in total. The number of carbonyl (C=O) groups excluding carboxylic acids is 1. The molecule has 0 atom stereocenters. The van der Waals surface area contributed by atoms with Crippen molar-refractivity contribution in [2.24, 2.45) is 0 Å². The molecule has 0 radical (unpaired) electrons. The fraction of sp³-hybridized carbons (Fsp3) is 0.650. The zero-order valence-electron chi connectivity index (χ0n) is 15.9. The van der Waals surface area contributed by atoms with E-state index in [1.165, 1.54) is 6.42 Å². The van der Waals surface area contributed by atoms with Crippen molar-refractivity contribution in [3.63, 3.8) is 0 Å². The molecule has 2 fully saturated rings. The van der Waals surface area contributed by atoms with Crippen LogP contribution in [0.25, 0.3) is 0 Å². The lowest BCUT2D eigenvalue weighted by Crippen LogP contribution is -2.38. The SMILES string of the molecule is Cc1ccc(C(=O)N(C)C2CCCCC2)cc1S(=O)(=O)N1CCCCC1. The lowest BCUT2D eigenvalue weighted by atomic mass is 9.94. The van der Waals surface area contributed by atoms with Gasteiger partial charge in [0.25, 0.3) is 5.91 Å². The van der Waals surface area contributed by atoms with Crippen LogP contribution in [0, 0.1) is 6.92 Å². The quantitative estimate of drug-likeness (QED) is 0.805. The number of aryl methyl sites for hydroxylation is 1. The summed E-state index contributed by atoms with van der Waals surface area (Å²) in [6.07, 6.45) is 8.51. The van der Waals surface area contributed by atoms with Crippen LogP contribution in [0.3, 0.4) is 0 Å². The van der Waals surface area contributed by atoms with E-state index in [0.29, 0.717) is 24.2 Å². The van der Waals surface area contributed by atoms with E-state index in [9.17, 15) is 13.2 Å². The van der Waals surface area contributed by atoms with Gasteiger partial charge in [-0.1, -0.05) is 31.7 Å². The number of amides is 1. The van der Waals surface area contributed by atoms with Gasteiger partial charge in [-0.25, -0.2) is 8.42 Å². The number of sulfonamides is 1. The first kappa shape index (κ1) is 19.4. The van der Waals surface area contributed by atoms with Crippen molar-refractivity contribution in [2.45, 2.75) is 69.2 Å². The van der Waals surface area contributed by atoms with Crippen molar-refractivity contribution >= 4 is 15.9 Å². The van der Waals surface area contributed by atoms with Gasteiger partial charge in [0.15, 0.2) is 0 Å². The highest BCUT2D eigenvalue weighted by Gasteiger charge is 2.29. The molecular formula is C20H30N2O3S. The van der Waals surface area contributed by atoms with E-state index in [-0.39, 0.29) is 16.8 Å². The van der Waals surface area contributed by atoms with Crippen LogP contribution >= 0.6 is 0 Å². The Morgan fingerprint density at radius 2 is 1.65 bits per heavy atom. The molecule has 1 aromatic rings. The van der Waals surface area contributed by atoms with Gasteiger partial charge in [0.05, 0.1) is 4.90 Å². The standard InChI is InChI=1S/C20H30N2O3S/c1-16-11-12-17(20(23)21(2)18-9-5-3-6-10-18)15-19(16)26(24,25)22-13-7-4-8-14-22/h11-12,15,18H,3-10,13-14H2,1-2H3. The molecular weight excluding hydrogens is 348 g/mol. The Morgan fingerprint density at radius 1 is 1.04 bits per heavy atom. The topological polar surface area (TPSA) is 57.7 Å².